The van der Waals surface area contributed by atoms with Gasteiger partial charge in [0.1, 0.15) is 23.9 Å². The Morgan fingerprint density at radius 2 is 1.70 bits per heavy atom. The zero-order valence-electron chi connectivity index (χ0n) is 16.1. The number of ether oxygens (including phenoxy) is 1. The number of rotatable bonds is 6. The van der Waals surface area contributed by atoms with Crippen molar-refractivity contribution < 1.29 is 13.5 Å². The smallest absolute Gasteiger partial charge is 0.129 e. The quantitative estimate of drug-likeness (QED) is 0.765. The molecule has 0 amide bonds. The molecule has 4 nitrogen and oxygen atoms in total. The first-order chi connectivity index (χ1) is 13.1. The van der Waals surface area contributed by atoms with E-state index in [2.05, 4.69) is 15.9 Å². The molecule has 146 valence electrons. The number of hydrogen-bond donors (Lipinski definition) is 0. The molecule has 5 heteroatoms. The third-order valence-corrected chi connectivity index (χ3v) is 5.96. The summed E-state index contributed by atoms with van der Waals surface area (Å²) >= 11 is 0. The van der Waals surface area contributed by atoms with Crippen LogP contribution in [0.5, 0.6) is 0 Å². The summed E-state index contributed by atoms with van der Waals surface area (Å²) in [6.07, 6.45) is 3.79. The van der Waals surface area contributed by atoms with Gasteiger partial charge in [-0.25, -0.2) is 4.39 Å². The number of benzene rings is 1. The van der Waals surface area contributed by atoms with Crippen LogP contribution < -0.4 is 0 Å². The number of likely N-dealkylation sites (tertiary alicyclic amines) is 2. The molecule has 2 aliphatic heterocycles. The summed E-state index contributed by atoms with van der Waals surface area (Å²) in [5.41, 5.74) is 1.59. The lowest BCUT2D eigenvalue weighted by atomic mass is 9.79. The summed E-state index contributed by atoms with van der Waals surface area (Å²) in [5, 5.41) is 0. The van der Waals surface area contributed by atoms with Crippen molar-refractivity contribution in [3.05, 3.63) is 59.3 Å². The van der Waals surface area contributed by atoms with Crippen LogP contribution in [0.1, 0.15) is 36.3 Å². The number of methoxy groups -OCH3 is 1. The highest BCUT2D eigenvalue weighted by atomic mass is 19.1. The normalized spacial score (nSPS) is 24.1. The third-order valence-electron chi connectivity index (χ3n) is 5.96. The van der Waals surface area contributed by atoms with Gasteiger partial charge in [0, 0.05) is 26.7 Å². The fourth-order valence-electron chi connectivity index (χ4n) is 4.74. The van der Waals surface area contributed by atoms with Crippen molar-refractivity contribution in [2.24, 2.45) is 5.41 Å². The van der Waals surface area contributed by atoms with Gasteiger partial charge in [0.25, 0.3) is 0 Å². The summed E-state index contributed by atoms with van der Waals surface area (Å²) in [6, 6.07) is 11.0. The van der Waals surface area contributed by atoms with Crippen molar-refractivity contribution in [3.63, 3.8) is 0 Å². The van der Waals surface area contributed by atoms with Crippen molar-refractivity contribution >= 4 is 0 Å². The van der Waals surface area contributed by atoms with Crippen LogP contribution in [0, 0.1) is 11.2 Å². The molecule has 1 spiro atoms. The number of hydrogen-bond acceptors (Lipinski definition) is 4. The minimum Gasteiger partial charge on any atom is -0.462 e. The molecule has 1 aromatic carbocycles. The maximum Gasteiger partial charge on any atom is 0.129 e. The second-order valence-electron chi connectivity index (χ2n) is 8.20. The first-order valence-corrected chi connectivity index (χ1v) is 9.90. The Morgan fingerprint density at radius 3 is 2.48 bits per heavy atom. The Labute approximate surface area is 160 Å². The van der Waals surface area contributed by atoms with E-state index in [1.807, 2.05) is 18.2 Å². The molecule has 0 saturated carbocycles. The predicted octanol–water partition coefficient (Wildman–Crippen LogP) is 4.05. The molecule has 2 fully saturated rings. The van der Waals surface area contributed by atoms with Crippen LogP contribution in [-0.4, -0.2) is 43.1 Å². The Hall–Kier alpha value is -1.69. The molecule has 3 heterocycles. The van der Waals surface area contributed by atoms with Gasteiger partial charge in [0.15, 0.2) is 0 Å². The average molecular weight is 372 g/mol. The summed E-state index contributed by atoms with van der Waals surface area (Å²) in [7, 11) is 1.69. The first kappa shape index (κ1) is 18.7. The molecular formula is C22H29FN2O2. The topological polar surface area (TPSA) is 28.9 Å². The lowest BCUT2D eigenvalue weighted by Gasteiger charge is -2.40. The molecule has 1 atom stereocenters. The van der Waals surface area contributed by atoms with Crippen LogP contribution >= 0.6 is 0 Å². The number of nitrogens with zero attached hydrogens (tertiary/aromatic N) is 2. The molecule has 0 bridgehead atoms. The van der Waals surface area contributed by atoms with Crippen LogP contribution in [0.4, 0.5) is 4.39 Å². The van der Waals surface area contributed by atoms with E-state index in [0.717, 1.165) is 50.8 Å². The average Bonchev–Trinajstić information content (AvgIpc) is 3.25. The monoisotopic (exact) mass is 372 g/mol. The Bertz CT molecular complexity index is 745. The van der Waals surface area contributed by atoms with E-state index in [-0.39, 0.29) is 5.82 Å². The summed E-state index contributed by atoms with van der Waals surface area (Å²) in [4.78, 5) is 5.07. The van der Waals surface area contributed by atoms with Crippen LogP contribution in [0.2, 0.25) is 0 Å². The van der Waals surface area contributed by atoms with Crippen molar-refractivity contribution in [3.8, 4) is 0 Å². The fraction of sp³-hybridized carbons (Fsp3) is 0.545. The molecule has 2 aromatic rings. The second kappa shape index (κ2) is 8.13. The van der Waals surface area contributed by atoms with E-state index in [4.69, 9.17) is 9.15 Å². The van der Waals surface area contributed by atoms with Gasteiger partial charge in [0.05, 0.1) is 6.54 Å². The van der Waals surface area contributed by atoms with Crippen LogP contribution in [0.15, 0.2) is 40.8 Å². The zero-order chi connectivity index (χ0) is 18.7. The van der Waals surface area contributed by atoms with Gasteiger partial charge in [-0.3, -0.25) is 9.80 Å². The van der Waals surface area contributed by atoms with Crippen LogP contribution in [0.25, 0.3) is 0 Å². The molecule has 0 radical (unpaired) electrons. The summed E-state index contributed by atoms with van der Waals surface area (Å²) in [6.45, 7) is 6.86. The van der Waals surface area contributed by atoms with E-state index in [1.165, 1.54) is 24.8 Å². The predicted molar refractivity (Wildman–Crippen MR) is 103 cm³/mol. The number of halogens is 1. The Balaban J connectivity index is 1.33. The van der Waals surface area contributed by atoms with Gasteiger partial charge in [-0.1, -0.05) is 12.1 Å². The molecule has 27 heavy (non-hydrogen) atoms. The van der Waals surface area contributed by atoms with E-state index in [0.29, 0.717) is 12.0 Å². The van der Waals surface area contributed by atoms with Gasteiger partial charge < -0.3 is 9.15 Å². The molecular weight excluding hydrogens is 343 g/mol. The van der Waals surface area contributed by atoms with Crippen molar-refractivity contribution in [2.75, 3.05) is 33.3 Å². The highest BCUT2D eigenvalue weighted by Crippen LogP contribution is 2.39. The lowest BCUT2D eigenvalue weighted by Crippen LogP contribution is -2.44. The van der Waals surface area contributed by atoms with E-state index >= 15 is 0 Å². The van der Waals surface area contributed by atoms with E-state index in [1.54, 1.807) is 19.2 Å². The van der Waals surface area contributed by atoms with Crippen LogP contribution in [-0.2, 0) is 24.4 Å². The molecule has 2 aliphatic rings. The molecule has 4 rings (SSSR count). The molecule has 0 aliphatic carbocycles. The fourth-order valence-corrected chi connectivity index (χ4v) is 4.74. The van der Waals surface area contributed by atoms with Gasteiger partial charge in [-0.2, -0.15) is 0 Å². The second-order valence-corrected chi connectivity index (χ2v) is 8.20. The van der Waals surface area contributed by atoms with Gasteiger partial charge in [-0.15, -0.1) is 0 Å². The lowest BCUT2D eigenvalue weighted by molar-refractivity contribution is 0.0855. The van der Waals surface area contributed by atoms with E-state index < -0.39 is 0 Å². The largest absolute Gasteiger partial charge is 0.462 e. The number of piperidine rings is 1. The maximum atomic E-state index is 13.1. The van der Waals surface area contributed by atoms with Gasteiger partial charge in [0.2, 0.25) is 0 Å². The van der Waals surface area contributed by atoms with E-state index in [9.17, 15) is 4.39 Å². The minimum absolute atomic E-state index is 0.160. The first-order valence-electron chi connectivity index (χ1n) is 9.90. The molecule has 2 saturated heterocycles. The molecule has 0 unspecified atom stereocenters. The molecule has 1 aromatic heterocycles. The third kappa shape index (κ3) is 4.60. The van der Waals surface area contributed by atoms with Gasteiger partial charge >= 0.3 is 0 Å². The van der Waals surface area contributed by atoms with Crippen molar-refractivity contribution in [2.45, 2.75) is 39.0 Å². The minimum atomic E-state index is -0.160. The van der Waals surface area contributed by atoms with Crippen LogP contribution in [0.3, 0.4) is 0 Å². The van der Waals surface area contributed by atoms with Crippen molar-refractivity contribution in [1.29, 1.82) is 0 Å². The number of furan rings is 1. The highest BCUT2D eigenvalue weighted by molar-refractivity contribution is 5.16. The highest BCUT2D eigenvalue weighted by Gasteiger charge is 2.41. The van der Waals surface area contributed by atoms with Gasteiger partial charge in [-0.05, 0) is 67.6 Å². The summed E-state index contributed by atoms with van der Waals surface area (Å²) in [5.74, 6) is 1.76. The standard InChI is InChI=1S/C22H29FN2O2/c1-26-15-21-8-7-20(27-21)14-25-12-10-22(17-25)9-2-11-24(16-22)13-18-3-5-19(23)6-4-18/h3-8H,2,9-17H2,1H3/t22-/m0/s1. The SMILES string of the molecule is COCc1ccc(CN2CC[C@]3(CCCN(Cc4ccc(F)cc4)C3)C2)o1. The molecule has 0 N–H and O–H groups in total. The van der Waals surface area contributed by atoms with Crippen molar-refractivity contribution in [1.82, 2.24) is 9.80 Å². The zero-order valence-corrected chi connectivity index (χ0v) is 16.1. The maximum absolute atomic E-state index is 13.1. The Kier molecular flexibility index (Phi) is 5.62. The summed E-state index contributed by atoms with van der Waals surface area (Å²) < 4.78 is 24.1. The Morgan fingerprint density at radius 1 is 0.963 bits per heavy atom.